The normalized spacial score (nSPS) is 11.7. The van der Waals surface area contributed by atoms with Crippen LogP contribution in [0.5, 0.6) is 0 Å². The third-order valence-electron chi connectivity index (χ3n) is 4.56. The van der Waals surface area contributed by atoms with E-state index in [1.54, 1.807) is 11.3 Å². The number of carbonyl (C=O) groups is 1. The highest BCUT2D eigenvalue weighted by atomic mass is 32.2. The smallest absolute Gasteiger partial charge is 0.217 e. The second-order valence-corrected chi connectivity index (χ2v) is 8.27. The van der Waals surface area contributed by atoms with Gasteiger partial charge in [0.25, 0.3) is 0 Å². The molecule has 4 rings (SSSR count). The van der Waals surface area contributed by atoms with E-state index in [2.05, 4.69) is 40.7 Å². The first kappa shape index (κ1) is 17.3. The summed E-state index contributed by atoms with van der Waals surface area (Å²) in [6, 6.07) is 10.2. The molecule has 0 aliphatic rings. The maximum atomic E-state index is 12.8. The van der Waals surface area contributed by atoms with Crippen LogP contribution in [0.15, 0.2) is 35.5 Å². The van der Waals surface area contributed by atoms with Gasteiger partial charge in [0, 0.05) is 23.5 Å². The molecule has 0 spiro atoms. The lowest BCUT2D eigenvalue weighted by molar-refractivity contribution is 0.102. The van der Waals surface area contributed by atoms with Gasteiger partial charge in [-0.05, 0) is 38.5 Å². The Morgan fingerprint density at radius 3 is 2.85 bits per heavy atom. The molecule has 26 heavy (non-hydrogen) atoms. The summed E-state index contributed by atoms with van der Waals surface area (Å²) < 4.78 is 5.44. The minimum Gasteiger partial charge on any atom is -0.348 e. The van der Waals surface area contributed by atoms with Gasteiger partial charge >= 0.3 is 0 Å². The van der Waals surface area contributed by atoms with E-state index in [4.69, 9.17) is 0 Å². The van der Waals surface area contributed by atoms with Gasteiger partial charge in [-0.15, -0.1) is 10.2 Å². The maximum Gasteiger partial charge on any atom is 0.217 e. The lowest BCUT2D eigenvalue weighted by atomic mass is 10.2. The largest absolute Gasteiger partial charge is 0.348 e. The molecule has 4 aromatic rings. The predicted octanol–water partition coefficient (Wildman–Crippen LogP) is 4.75. The van der Waals surface area contributed by atoms with E-state index < -0.39 is 0 Å². The summed E-state index contributed by atoms with van der Waals surface area (Å²) in [6.45, 7) is 7.19. The minimum atomic E-state index is 0.140. The van der Waals surface area contributed by atoms with Crippen molar-refractivity contribution in [1.82, 2.24) is 19.2 Å². The molecule has 0 saturated heterocycles. The molecule has 0 aliphatic carbocycles. The highest BCUT2D eigenvalue weighted by molar-refractivity contribution is 7.99. The standard InChI is InChI=1S/C19H20N4OS2/c1-4-9-22-12(2)10-14(13(22)3)16(24)11-25-18-20-21-19-23(18)15-7-5-6-8-17(15)26-19/h5-8,10H,4,9,11H2,1-3H3. The average molecular weight is 385 g/mol. The lowest BCUT2D eigenvalue weighted by Gasteiger charge is -2.07. The van der Waals surface area contributed by atoms with Crippen molar-refractivity contribution in [3.63, 3.8) is 0 Å². The number of nitrogens with zero attached hydrogens (tertiary/aromatic N) is 4. The first-order valence-electron chi connectivity index (χ1n) is 8.65. The van der Waals surface area contributed by atoms with Crippen LogP contribution in [-0.2, 0) is 6.54 Å². The summed E-state index contributed by atoms with van der Waals surface area (Å²) in [4.78, 5) is 13.6. The van der Waals surface area contributed by atoms with Crippen LogP contribution in [0.3, 0.4) is 0 Å². The molecule has 0 aliphatic heterocycles. The number of fused-ring (bicyclic) bond motifs is 3. The fourth-order valence-corrected chi connectivity index (χ4v) is 5.16. The zero-order valence-electron chi connectivity index (χ0n) is 15.0. The molecule has 0 atom stereocenters. The molecule has 0 amide bonds. The van der Waals surface area contributed by atoms with Crippen LogP contribution in [0.4, 0.5) is 0 Å². The number of hydrogen-bond acceptors (Lipinski definition) is 5. The van der Waals surface area contributed by atoms with Gasteiger partial charge in [0.1, 0.15) is 0 Å². The van der Waals surface area contributed by atoms with Crippen LogP contribution in [0, 0.1) is 13.8 Å². The number of ketones is 1. The Bertz CT molecular complexity index is 1110. The number of hydrogen-bond donors (Lipinski definition) is 0. The van der Waals surface area contributed by atoms with Crippen LogP contribution in [-0.4, -0.2) is 30.7 Å². The summed E-state index contributed by atoms with van der Waals surface area (Å²) in [5.74, 6) is 0.503. The van der Waals surface area contributed by atoms with E-state index in [1.807, 2.05) is 29.5 Å². The number of carbonyl (C=O) groups excluding carboxylic acids is 1. The Morgan fingerprint density at radius 2 is 2.04 bits per heavy atom. The molecule has 0 unspecified atom stereocenters. The molecule has 0 fully saturated rings. The fourth-order valence-electron chi connectivity index (χ4n) is 3.31. The molecular formula is C19H20N4OS2. The topological polar surface area (TPSA) is 52.2 Å². The van der Waals surface area contributed by atoms with E-state index in [0.717, 1.165) is 45.6 Å². The molecular weight excluding hydrogens is 364 g/mol. The summed E-state index contributed by atoms with van der Waals surface area (Å²) >= 11 is 3.07. The van der Waals surface area contributed by atoms with Gasteiger partial charge in [-0.1, -0.05) is 42.2 Å². The summed E-state index contributed by atoms with van der Waals surface area (Å²) in [5, 5.41) is 9.31. The van der Waals surface area contributed by atoms with Crippen molar-refractivity contribution in [3.05, 3.63) is 47.3 Å². The van der Waals surface area contributed by atoms with Crippen molar-refractivity contribution in [2.45, 2.75) is 38.9 Å². The third kappa shape index (κ3) is 2.85. The van der Waals surface area contributed by atoms with Gasteiger partial charge in [0.05, 0.1) is 16.0 Å². The van der Waals surface area contributed by atoms with E-state index in [-0.39, 0.29) is 5.78 Å². The highest BCUT2D eigenvalue weighted by Gasteiger charge is 2.18. The SMILES string of the molecule is CCCn1c(C)cc(C(=O)CSc2nnc3sc4ccccc4n23)c1C. The molecule has 7 heteroatoms. The lowest BCUT2D eigenvalue weighted by Crippen LogP contribution is -2.07. The second-order valence-electron chi connectivity index (χ2n) is 6.32. The Hall–Kier alpha value is -2.12. The van der Waals surface area contributed by atoms with E-state index in [1.165, 1.54) is 16.5 Å². The molecule has 0 N–H and O–H groups in total. The first-order valence-corrected chi connectivity index (χ1v) is 10.5. The minimum absolute atomic E-state index is 0.140. The quantitative estimate of drug-likeness (QED) is 0.356. The van der Waals surface area contributed by atoms with Crippen LogP contribution in [0.2, 0.25) is 0 Å². The van der Waals surface area contributed by atoms with Crippen molar-refractivity contribution >= 4 is 44.1 Å². The molecule has 3 aromatic heterocycles. The molecule has 3 heterocycles. The second kappa shape index (κ2) is 6.89. The summed E-state index contributed by atoms with van der Waals surface area (Å²) in [7, 11) is 0. The zero-order chi connectivity index (χ0) is 18.3. The predicted molar refractivity (Wildman–Crippen MR) is 108 cm³/mol. The Kier molecular flexibility index (Phi) is 4.58. The van der Waals surface area contributed by atoms with Crippen LogP contribution in [0.1, 0.15) is 35.1 Å². The van der Waals surface area contributed by atoms with Crippen LogP contribution < -0.4 is 0 Å². The number of aryl methyl sites for hydroxylation is 1. The van der Waals surface area contributed by atoms with Gasteiger partial charge in [-0.25, -0.2) is 0 Å². The maximum absolute atomic E-state index is 12.8. The van der Waals surface area contributed by atoms with Crippen molar-refractivity contribution in [1.29, 1.82) is 0 Å². The van der Waals surface area contributed by atoms with Crippen molar-refractivity contribution < 1.29 is 4.79 Å². The number of thiazole rings is 1. The zero-order valence-corrected chi connectivity index (χ0v) is 16.7. The van der Waals surface area contributed by atoms with Gasteiger partial charge in [0.15, 0.2) is 10.9 Å². The van der Waals surface area contributed by atoms with Gasteiger partial charge < -0.3 is 4.57 Å². The van der Waals surface area contributed by atoms with Gasteiger partial charge in [-0.3, -0.25) is 9.20 Å². The van der Waals surface area contributed by atoms with Crippen molar-refractivity contribution in [3.8, 4) is 0 Å². The molecule has 0 bridgehead atoms. The number of aromatic nitrogens is 4. The average Bonchev–Trinajstić information content (AvgIpc) is 3.28. The summed E-state index contributed by atoms with van der Waals surface area (Å²) in [6.07, 6.45) is 1.06. The van der Waals surface area contributed by atoms with Crippen LogP contribution >= 0.6 is 23.1 Å². The van der Waals surface area contributed by atoms with Crippen molar-refractivity contribution in [2.75, 3.05) is 5.75 Å². The first-order chi connectivity index (χ1) is 12.6. The Labute approximate surface area is 160 Å². The molecule has 0 saturated carbocycles. The van der Waals surface area contributed by atoms with Gasteiger partial charge in [-0.2, -0.15) is 0 Å². The molecule has 0 radical (unpaired) electrons. The van der Waals surface area contributed by atoms with Crippen LogP contribution in [0.25, 0.3) is 15.2 Å². The molecule has 1 aromatic carbocycles. The number of thioether (sulfide) groups is 1. The van der Waals surface area contributed by atoms with Crippen molar-refractivity contribution in [2.24, 2.45) is 0 Å². The van der Waals surface area contributed by atoms with E-state index >= 15 is 0 Å². The highest BCUT2D eigenvalue weighted by Crippen LogP contribution is 2.30. The van der Waals surface area contributed by atoms with E-state index in [0.29, 0.717) is 5.75 Å². The Balaban J connectivity index is 1.59. The number of benzene rings is 1. The molecule has 5 nitrogen and oxygen atoms in total. The monoisotopic (exact) mass is 384 g/mol. The number of Topliss-reactive ketones (excluding diaryl/α,β-unsaturated/α-hetero) is 1. The Morgan fingerprint density at radius 1 is 1.23 bits per heavy atom. The third-order valence-corrected chi connectivity index (χ3v) is 6.51. The number of para-hydroxylation sites is 1. The van der Waals surface area contributed by atoms with E-state index in [9.17, 15) is 4.79 Å². The number of rotatable bonds is 6. The fraction of sp³-hybridized carbons (Fsp3) is 0.316. The molecule has 134 valence electrons. The van der Waals surface area contributed by atoms with Gasteiger partial charge in [0.2, 0.25) is 4.96 Å². The summed E-state index contributed by atoms with van der Waals surface area (Å²) in [5.41, 5.74) is 4.11.